The van der Waals surface area contributed by atoms with Gasteiger partial charge in [0.1, 0.15) is 17.5 Å². The van der Waals surface area contributed by atoms with Gasteiger partial charge in [0, 0.05) is 29.9 Å². The van der Waals surface area contributed by atoms with E-state index in [1.165, 1.54) is 6.20 Å². The summed E-state index contributed by atoms with van der Waals surface area (Å²) in [6, 6.07) is 12.1. The van der Waals surface area contributed by atoms with Crippen molar-refractivity contribution >= 4 is 17.7 Å². The van der Waals surface area contributed by atoms with Crippen molar-refractivity contribution < 1.29 is 5.11 Å². The molecule has 164 valence electrons. The average Bonchev–Trinajstić information content (AvgIpc) is 2.80. The zero-order valence-electron chi connectivity index (χ0n) is 17.9. The van der Waals surface area contributed by atoms with E-state index in [-0.39, 0.29) is 12.0 Å². The molecule has 9 heteroatoms. The molecule has 1 saturated carbocycles. The van der Waals surface area contributed by atoms with Gasteiger partial charge < -0.3 is 21.5 Å². The van der Waals surface area contributed by atoms with Crippen LogP contribution in [0.25, 0.3) is 11.3 Å². The number of nitrogens with one attached hydrogen (secondary N) is 2. The van der Waals surface area contributed by atoms with E-state index in [1.54, 1.807) is 6.20 Å². The molecule has 1 aliphatic carbocycles. The summed E-state index contributed by atoms with van der Waals surface area (Å²) >= 11 is 0. The van der Waals surface area contributed by atoms with Gasteiger partial charge in [-0.25, -0.2) is 15.0 Å². The van der Waals surface area contributed by atoms with Crippen molar-refractivity contribution in [2.24, 2.45) is 0 Å². The fourth-order valence-corrected chi connectivity index (χ4v) is 3.81. The summed E-state index contributed by atoms with van der Waals surface area (Å²) in [6.07, 6.45) is 6.24. The van der Waals surface area contributed by atoms with Crippen LogP contribution in [0.15, 0.2) is 42.7 Å². The monoisotopic (exact) mass is 430 g/mol. The van der Waals surface area contributed by atoms with Crippen LogP contribution in [0.1, 0.15) is 43.7 Å². The number of hydrogen-bond donors (Lipinski definition) is 4. The molecule has 0 bridgehead atoms. The zero-order chi connectivity index (χ0) is 22.6. The highest BCUT2D eigenvalue weighted by Gasteiger charge is 2.29. The van der Waals surface area contributed by atoms with Crippen molar-refractivity contribution in [1.82, 2.24) is 19.9 Å². The first kappa shape index (κ1) is 21.5. The second kappa shape index (κ2) is 9.16. The lowest BCUT2D eigenvalue weighted by atomic mass is 9.83. The lowest BCUT2D eigenvalue weighted by Crippen LogP contribution is -2.36. The first-order valence-corrected chi connectivity index (χ1v) is 10.6. The molecule has 0 radical (unpaired) electrons. The summed E-state index contributed by atoms with van der Waals surface area (Å²) in [5.74, 6) is 1.10. The summed E-state index contributed by atoms with van der Waals surface area (Å²) in [5, 5.41) is 26.2. The first-order chi connectivity index (χ1) is 15.4. The number of nitriles is 1. The van der Waals surface area contributed by atoms with Crippen molar-refractivity contribution in [1.29, 1.82) is 5.26 Å². The summed E-state index contributed by atoms with van der Waals surface area (Å²) < 4.78 is 0. The highest BCUT2D eigenvalue weighted by molar-refractivity contribution is 5.64. The number of rotatable bonds is 6. The summed E-state index contributed by atoms with van der Waals surface area (Å²) in [5.41, 5.74) is 8.10. The quantitative estimate of drug-likeness (QED) is 0.463. The Kier molecular flexibility index (Phi) is 6.14. The number of anilines is 3. The van der Waals surface area contributed by atoms with Crippen molar-refractivity contribution in [2.45, 2.75) is 50.8 Å². The highest BCUT2D eigenvalue weighted by atomic mass is 16.3. The zero-order valence-corrected chi connectivity index (χ0v) is 17.9. The SMILES string of the molecule is C[C@]1(O)CC[C@@H](Nc2nc(NCc3cnc(N)nc3-c3ccccc3)ncc2C#N)CC1. The molecule has 0 saturated heterocycles. The van der Waals surface area contributed by atoms with Gasteiger partial charge in [-0.15, -0.1) is 0 Å². The third-order valence-electron chi connectivity index (χ3n) is 5.68. The van der Waals surface area contributed by atoms with Gasteiger partial charge in [-0.3, -0.25) is 0 Å². The van der Waals surface area contributed by atoms with Crippen molar-refractivity contribution in [3.05, 3.63) is 53.9 Å². The number of benzene rings is 1. The molecule has 0 amide bonds. The molecular formula is C23H26N8O. The molecule has 0 unspecified atom stereocenters. The van der Waals surface area contributed by atoms with E-state index in [0.29, 0.717) is 36.7 Å². The van der Waals surface area contributed by atoms with Crippen LogP contribution in [0.3, 0.4) is 0 Å². The fourth-order valence-electron chi connectivity index (χ4n) is 3.81. The first-order valence-electron chi connectivity index (χ1n) is 10.6. The van der Waals surface area contributed by atoms with Crippen LogP contribution in [0.5, 0.6) is 0 Å². The van der Waals surface area contributed by atoms with Crippen LogP contribution in [0.2, 0.25) is 0 Å². The van der Waals surface area contributed by atoms with E-state index >= 15 is 0 Å². The van der Waals surface area contributed by atoms with E-state index in [2.05, 4.69) is 36.6 Å². The topological polar surface area (TPSA) is 146 Å². The van der Waals surface area contributed by atoms with Crippen molar-refractivity contribution in [2.75, 3.05) is 16.4 Å². The van der Waals surface area contributed by atoms with Gasteiger partial charge in [-0.1, -0.05) is 30.3 Å². The molecule has 0 aliphatic heterocycles. The van der Waals surface area contributed by atoms with E-state index < -0.39 is 5.60 Å². The predicted octanol–water partition coefficient (Wildman–Crippen LogP) is 3.11. The lowest BCUT2D eigenvalue weighted by Gasteiger charge is -2.33. The van der Waals surface area contributed by atoms with Crippen LogP contribution >= 0.6 is 0 Å². The molecule has 0 atom stereocenters. The van der Waals surface area contributed by atoms with Crippen molar-refractivity contribution in [3.8, 4) is 17.3 Å². The Bertz CT molecular complexity index is 1120. The van der Waals surface area contributed by atoms with E-state index in [0.717, 1.165) is 29.7 Å². The van der Waals surface area contributed by atoms with E-state index in [4.69, 9.17) is 5.73 Å². The van der Waals surface area contributed by atoms with Gasteiger partial charge in [-0.2, -0.15) is 10.2 Å². The standard InChI is InChI=1S/C23H26N8O/c1-23(32)9-7-18(8-10-23)29-20-16(11-24)12-27-22(31-20)28-14-17-13-26-21(25)30-19(17)15-5-3-2-4-6-15/h2-6,12-13,18,32H,7-10,14H2,1H3,(H2,25,26,30)(H2,27,28,29,31)/t18-,23+. The third kappa shape index (κ3) is 5.10. The Morgan fingerprint density at radius 2 is 1.91 bits per heavy atom. The Balaban J connectivity index is 1.50. The number of aromatic nitrogens is 4. The summed E-state index contributed by atoms with van der Waals surface area (Å²) in [4.78, 5) is 17.3. The maximum absolute atomic E-state index is 10.2. The number of nitrogens with two attached hydrogens (primary N) is 1. The molecule has 32 heavy (non-hydrogen) atoms. The van der Waals surface area contributed by atoms with Gasteiger partial charge in [0.2, 0.25) is 11.9 Å². The molecular weight excluding hydrogens is 404 g/mol. The number of nitrogens with zero attached hydrogens (tertiary/aromatic N) is 5. The summed E-state index contributed by atoms with van der Waals surface area (Å²) in [7, 11) is 0. The van der Waals surface area contributed by atoms with Crippen LogP contribution < -0.4 is 16.4 Å². The molecule has 3 aromatic rings. The normalized spacial score (nSPS) is 20.3. The minimum Gasteiger partial charge on any atom is -0.390 e. The van der Waals surface area contributed by atoms with Crippen LogP contribution in [0, 0.1) is 11.3 Å². The largest absolute Gasteiger partial charge is 0.390 e. The molecule has 2 aromatic heterocycles. The maximum atomic E-state index is 10.2. The number of aliphatic hydroxyl groups is 1. The van der Waals surface area contributed by atoms with Gasteiger partial charge in [-0.05, 0) is 32.6 Å². The minimum atomic E-state index is -0.619. The lowest BCUT2D eigenvalue weighted by molar-refractivity contribution is 0.0196. The molecule has 1 fully saturated rings. The Labute approximate surface area is 186 Å². The summed E-state index contributed by atoms with van der Waals surface area (Å²) in [6.45, 7) is 2.25. The van der Waals surface area contributed by atoms with Crippen LogP contribution in [0.4, 0.5) is 17.7 Å². The van der Waals surface area contributed by atoms with Crippen LogP contribution in [-0.2, 0) is 6.54 Å². The molecule has 1 aliphatic rings. The Morgan fingerprint density at radius 3 is 2.62 bits per heavy atom. The van der Waals surface area contributed by atoms with Gasteiger partial charge in [0.15, 0.2) is 0 Å². The van der Waals surface area contributed by atoms with Crippen molar-refractivity contribution in [3.63, 3.8) is 0 Å². The second-order valence-electron chi connectivity index (χ2n) is 8.30. The molecule has 5 N–H and O–H groups in total. The highest BCUT2D eigenvalue weighted by Crippen LogP contribution is 2.30. The van der Waals surface area contributed by atoms with Gasteiger partial charge >= 0.3 is 0 Å². The molecule has 4 rings (SSSR count). The number of hydrogen-bond acceptors (Lipinski definition) is 9. The third-order valence-corrected chi connectivity index (χ3v) is 5.68. The Hall–Kier alpha value is -3.77. The molecule has 0 spiro atoms. The smallest absolute Gasteiger partial charge is 0.224 e. The second-order valence-corrected chi connectivity index (χ2v) is 8.30. The Morgan fingerprint density at radius 1 is 1.16 bits per heavy atom. The maximum Gasteiger partial charge on any atom is 0.224 e. The molecule has 2 heterocycles. The van der Waals surface area contributed by atoms with Crippen LogP contribution in [-0.4, -0.2) is 36.7 Å². The molecule has 9 nitrogen and oxygen atoms in total. The van der Waals surface area contributed by atoms with E-state index in [1.807, 2.05) is 37.3 Å². The number of nitrogen functional groups attached to an aromatic ring is 1. The van der Waals surface area contributed by atoms with Gasteiger partial charge in [0.05, 0.1) is 17.5 Å². The van der Waals surface area contributed by atoms with E-state index in [9.17, 15) is 10.4 Å². The van der Waals surface area contributed by atoms with Gasteiger partial charge in [0.25, 0.3) is 0 Å². The average molecular weight is 431 g/mol. The predicted molar refractivity (Wildman–Crippen MR) is 122 cm³/mol. The fraction of sp³-hybridized carbons (Fsp3) is 0.348. The molecule has 1 aromatic carbocycles. The minimum absolute atomic E-state index is 0.153.